The van der Waals surface area contributed by atoms with E-state index in [0.717, 1.165) is 0 Å². The van der Waals surface area contributed by atoms with Crippen LogP contribution in [0.1, 0.15) is 12.5 Å². The molecule has 92 valence electrons. The van der Waals surface area contributed by atoms with Crippen molar-refractivity contribution in [1.82, 2.24) is 4.72 Å². The van der Waals surface area contributed by atoms with Crippen LogP contribution in [-0.4, -0.2) is 26.2 Å². The van der Waals surface area contributed by atoms with E-state index in [2.05, 4.69) is 4.72 Å². The highest BCUT2D eigenvalue weighted by Gasteiger charge is 2.19. The zero-order chi connectivity index (χ0) is 13.1. The van der Waals surface area contributed by atoms with Gasteiger partial charge in [-0.2, -0.15) is 5.26 Å². The Kier molecular flexibility index (Phi) is 4.48. The maximum Gasteiger partial charge on any atom is 0.242 e. The van der Waals surface area contributed by atoms with Crippen LogP contribution < -0.4 is 4.72 Å². The lowest BCUT2D eigenvalue weighted by Gasteiger charge is -2.09. The number of rotatable bonds is 4. The second kappa shape index (κ2) is 5.47. The van der Waals surface area contributed by atoms with Crippen molar-refractivity contribution in [3.63, 3.8) is 0 Å². The van der Waals surface area contributed by atoms with Gasteiger partial charge in [0, 0.05) is 11.6 Å². The van der Waals surface area contributed by atoms with Gasteiger partial charge in [0.1, 0.15) is 11.0 Å². The van der Waals surface area contributed by atoms with E-state index in [0.29, 0.717) is 0 Å². The molecule has 1 aromatic carbocycles. The molecule has 0 aliphatic rings. The van der Waals surface area contributed by atoms with Crippen molar-refractivity contribution in [2.75, 3.05) is 6.54 Å². The summed E-state index contributed by atoms with van der Waals surface area (Å²) in [4.78, 5) is -0.187. The monoisotopic (exact) mass is 274 g/mol. The molecule has 0 unspecified atom stereocenters. The quantitative estimate of drug-likeness (QED) is 0.852. The van der Waals surface area contributed by atoms with Crippen molar-refractivity contribution in [3.8, 4) is 6.07 Å². The normalized spacial score (nSPS) is 13.1. The van der Waals surface area contributed by atoms with E-state index in [1.165, 1.54) is 25.1 Å². The molecular formula is C10H11ClN2O3S. The van der Waals surface area contributed by atoms with Gasteiger partial charge in [0.15, 0.2) is 0 Å². The number of nitriles is 1. The number of sulfonamides is 1. The van der Waals surface area contributed by atoms with Crippen LogP contribution in [0.25, 0.3) is 0 Å². The van der Waals surface area contributed by atoms with E-state index in [1.54, 1.807) is 6.07 Å². The third-order valence-corrected chi connectivity index (χ3v) is 3.62. The average Bonchev–Trinajstić information content (AvgIpc) is 2.26. The average molecular weight is 275 g/mol. The second-order valence-corrected chi connectivity index (χ2v) is 5.63. The van der Waals surface area contributed by atoms with Gasteiger partial charge in [-0.05, 0) is 25.1 Å². The van der Waals surface area contributed by atoms with Crippen LogP contribution in [0.2, 0.25) is 5.02 Å². The number of nitrogens with one attached hydrogen (secondary N) is 1. The SMILES string of the molecule is C[C@@H](O)CNS(=O)(=O)c1cc(Cl)ccc1C#N. The highest BCUT2D eigenvalue weighted by molar-refractivity contribution is 7.89. The van der Waals surface area contributed by atoms with E-state index in [-0.39, 0.29) is 22.0 Å². The molecule has 0 spiro atoms. The zero-order valence-electron chi connectivity index (χ0n) is 9.01. The van der Waals surface area contributed by atoms with Crippen molar-refractivity contribution in [3.05, 3.63) is 28.8 Å². The van der Waals surface area contributed by atoms with Crippen molar-refractivity contribution in [1.29, 1.82) is 5.26 Å². The van der Waals surface area contributed by atoms with E-state index in [4.69, 9.17) is 22.0 Å². The van der Waals surface area contributed by atoms with Crippen LogP contribution >= 0.6 is 11.6 Å². The summed E-state index contributed by atoms with van der Waals surface area (Å²) in [6, 6.07) is 5.75. The summed E-state index contributed by atoms with van der Waals surface area (Å²) < 4.78 is 25.9. The molecule has 17 heavy (non-hydrogen) atoms. The van der Waals surface area contributed by atoms with Gasteiger partial charge in [-0.15, -0.1) is 0 Å². The summed E-state index contributed by atoms with van der Waals surface area (Å²) in [7, 11) is -3.84. The summed E-state index contributed by atoms with van der Waals surface area (Å²) in [6.45, 7) is 1.32. The third-order valence-electron chi connectivity index (χ3n) is 1.92. The topological polar surface area (TPSA) is 90.2 Å². The van der Waals surface area contributed by atoms with Crippen LogP contribution in [0.15, 0.2) is 23.1 Å². The predicted octanol–water partition coefficient (Wildman–Crippen LogP) is 0.871. The summed E-state index contributed by atoms with van der Waals surface area (Å²) in [5, 5.41) is 18.1. The molecule has 2 N–H and O–H groups in total. The Hall–Kier alpha value is -1.13. The van der Waals surface area contributed by atoms with Gasteiger partial charge in [0.05, 0.1) is 11.7 Å². The molecule has 0 saturated heterocycles. The Morgan fingerprint density at radius 2 is 2.24 bits per heavy atom. The van der Waals surface area contributed by atoms with Crippen LogP contribution in [0.4, 0.5) is 0 Å². The summed E-state index contributed by atoms with van der Waals surface area (Å²) in [5.41, 5.74) is 0.00694. The fourth-order valence-electron chi connectivity index (χ4n) is 1.12. The lowest BCUT2D eigenvalue weighted by molar-refractivity contribution is 0.198. The van der Waals surface area contributed by atoms with Crippen molar-refractivity contribution in [2.24, 2.45) is 0 Å². The number of hydrogen-bond acceptors (Lipinski definition) is 4. The summed E-state index contributed by atoms with van der Waals surface area (Å²) in [5.74, 6) is 0. The number of aliphatic hydroxyl groups is 1. The molecule has 0 amide bonds. The molecule has 1 rings (SSSR count). The van der Waals surface area contributed by atoms with Gasteiger partial charge in [-0.1, -0.05) is 11.6 Å². The Morgan fingerprint density at radius 1 is 1.59 bits per heavy atom. The smallest absolute Gasteiger partial charge is 0.242 e. The zero-order valence-corrected chi connectivity index (χ0v) is 10.6. The van der Waals surface area contributed by atoms with Gasteiger partial charge in [0.25, 0.3) is 0 Å². The van der Waals surface area contributed by atoms with E-state index in [1.807, 2.05) is 0 Å². The van der Waals surface area contributed by atoms with E-state index < -0.39 is 16.1 Å². The highest BCUT2D eigenvalue weighted by atomic mass is 35.5. The molecule has 0 aromatic heterocycles. The van der Waals surface area contributed by atoms with Gasteiger partial charge >= 0.3 is 0 Å². The molecule has 5 nitrogen and oxygen atoms in total. The van der Waals surface area contributed by atoms with Crippen molar-refractivity contribution < 1.29 is 13.5 Å². The number of benzene rings is 1. The number of nitrogens with zero attached hydrogens (tertiary/aromatic N) is 1. The first kappa shape index (κ1) is 13.9. The van der Waals surface area contributed by atoms with Crippen LogP contribution in [0.3, 0.4) is 0 Å². The molecule has 0 bridgehead atoms. The minimum absolute atomic E-state index is 0.00694. The molecule has 1 atom stereocenters. The molecule has 7 heteroatoms. The molecule has 0 saturated carbocycles. The first-order valence-corrected chi connectivity index (χ1v) is 6.60. The minimum Gasteiger partial charge on any atom is -0.392 e. The van der Waals surface area contributed by atoms with Gasteiger partial charge in [-0.3, -0.25) is 0 Å². The summed E-state index contributed by atoms with van der Waals surface area (Å²) in [6.07, 6.45) is -0.811. The van der Waals surface area contributed by atoms with Crippen LogP contribution in [0.5, 0.6) is 0 Å². The first-order valence-electron chi connectivity index (χ1n) is 4.74. The highest BCUT2D eigenvalue weighted by Crippen LogP contribution is 2.20. The Bertz CT molecular complexity index is 549. The molecule has 0 aliphatic carbocycles. The second-order valence-electron chi connectivity index (χ2n) is 3.45. The van der Waals surface area contributed by atoms with Crippen molar-refractivity contribution >= 4 is 21.6 Å². The molecular weight excluding hydrogens is 264 g/mol. The lowest BCUT2D eigenvalue weighted by Crippen LogP contribution is -2.31. The van der Waals surface area contributed by atoms with Crippen LogP contribution in [0, 0.1) is 11.3 Å². The standard InChI is InChI=1S/C10H11ClN2O3S/c1-7(14)6-13-17(15,16)10-4-9(11)3-2-8(10)5-12/h2-4,7,13-14H,6H2,1H3/t7-/m1/s1. The largest absolute Gasteiger partial charge is 0.392 e. The fraction of sp³-hybridized carbons (Fsp3) is 0.300. The summed E-state index contributed by atoms with van der Waals surface area (Å²) >= 11 is 5.69. The Balaban J connectivity index is 3.15. The molecule has 0 fully saturated rings. The fourth-order valence-corrected chi connectivity index (χ4v) is 2.66. The number of hydrogen-bond donors (Lipinski definition) is 2. The van der Waals surface area contributed by atoms with Gasteiger partial charge < -0.3 is 5.11 Å². The van der Waals surface area contributed by atoms with Crippen LogP contribution in [-0.2, 0) is 10.0 Å². The Labute approximate surface area is 105 Å². The van der Waals surface area contributed by atoms with Gasteiger partial charge in [-0.25, -0.2) is 13.1 Å². The Morgan fingerprint density at radius 3 is 2.76 bits per heavy atom. The van der Waals surface area contributed by atoms with Crippen molar-refractivity contribution in [2.45, 2.75) is 17.9 Å². The van der Waals surface area contributed by atoms with E-state index in [9.17, 15) is 8.42 Å². The minimum atomic E-state index is -3.84. The number of halogens is 1. The first-order chi connectivity index (χ1) is 7.86. The molecule has 0 aliphatic heterocycles. The molecule has 1 aromatic rings. The maximum absolute atomic E-state index is 11.8. The molecule has 0 heterocycles. The third kappa shape index (κ3) is 3.68. The van der Waals surface area contributed by atoms with Gasteiger partial charge in [0.2, 0.25) is 10.0 Å². The predicted molar refractivity (Wildman–Crippen MR) is 63.0 cm³/mol. The lowest BCUT2D eigenvalue weighted by atomic mass is 10.2. The maximum atomic E-state index is 11.8. The van der Waals surface area contributed by atoms with E-state index >= 15 is 0 Å². The molecule has 0 radical (unpaired) electrons. The number of aliphatic hydroxyl groups excluding tert-OH is 1.